The Kier molecular flexibility index (Phi) is 4.90. The van der Waals surface area contributed by atoms with Crippen LogP contribution in [0.15, 0.2) is 41.2 Å². The second-order valence-corrected chi connectivity index (χ2v) is 4.90. The van der Waals surface area contributed by atoms with Crippen molar-refractivity contribution in [3.8, 4) is 17.0 Å². The van der Waals surface area contributed by atoms with E-state index < -0.39 is 0 Å². The normalized spacial score (nSPS) is 10.6. The van der Waals surface area contributed by atoms with Crippen molar-refractivity contribution in [1.29, 1.82) is 0 Å². The van der Waals surface area contributed by atoms with E-state index in [-0.39, 0.29) is 5.56 Å². The molecule has 0 aliphatic heterocycles. The Morgan fingerprint density at radius 3 is 2.40 bits per heavy atom. The fraction of sp³-hybridized carbons (Fsp3) is 0.312. The minimum Gasteiger partial charge on any atom is -0.497 e. The summed E-state index contributed by atoms with van der Waals surface area (Å²) in [7, 11) is 1.64. The number of thiol groups is 1. The number of rotatable bonds is 5. The fourth-order valence-corrected chi connectivity index (χ4v) is 2.44. The van der Waals surface area contributed by atoms with Crippen LogP contribution in [0, 0.1) is 0 Å². The first-order chi connectivity index (χ1) is 9.71. The van der Waals surface area contributed by atoms with Crippen LogP contribution in [-0.2, 0) is 12.3 Å². The van der Waals surface area contributed by atoms with Gasteiger partial charge in [-0.05, 0) is 42.3 Å². The largest absolute Gasteiger partial charge is 0.497 e. The highest BCUT2D eigenvalue weighted by molar-refractivity contribution is 7.79. The molecule has 0 saturated heterocycles. The first kappa shape index (κ1) is 14.7. The Labute approximate surface area is 124 Å². The van der Waals surface area contributed by atoms with Crippen molar-refractivity contribution in [2.24, 2.45) is 0 Å². The lowest BCUT2D eigenvalue weighted by atomic mass is 10.1. The molecule has 2 rings (SSSR count). The molecular formula is C16H19NO2S. The van der Waals surface area contributed by atoms with Crippen molar-refractivity contribution in [2.75, 3.05) is 7.11 Å². The van der Waals surface area contributed by atoms with Gasteiger partial charge in [-0.2, -0.15) is 12.6 Å². The lowest BCUT2D eigenvalue weighted by Crippen LogP contribution is -2.24. The Balaban J connectivity index is 2.54. The van der Waals surface area contributed by atoms with Crippen molar-refractivity contribution in [2.45, 2.75) is 25.6 Å². The summed E-state index contributed by atoms with van der Waals surface area (Å²) >= 11 is 4.21. The third kappa shape index (κ3) is 2.90. The molecule has 1 aromatic heterocycles. The highest BCUT2D eigenvalue weighted by Gasteiger charge is 2.09. The number of methoxy groups -OCH3 is 1. The first-order valence-corrected chi connectivity index (χ1v) is 7.32. The molecule has 0 aliphatic carbocycles. The van der Waals surface area contributed by atoms with Crippen molar-refractivity contribution in [3.63, 3.8) is 0 Å². The van der Waals surface area contributed by atoms with Crippen molar-refractivity contribution >= 4 is 12.6 Å². The summed E-state index contributed by atoms with van der Waals surface area (Å²) in [6.45, 7) is 2.78. The van der Waals surface area contributed by atoms with Gasteiger partial charge in [-0.3, -0.25) is 4.79 Å². The zero-order valence-electron chi connectivity index (χ0n) is 11.8. The van der Waals surface area contributed by atoms with Crippen LogP contribution in [0.5, 0.6) is 5.75 Å². The Bertz CT molecular complexity index is 632. The molecule has 20 heavy (non-hydrogen) atoms. The van der Waals surface area contributed by atoms with Gasteiger partial charge in [-0.25, -0.2) is 0 Å². The summed E-state index contributed by atoms with van der Waals surface area (Å²) in [5, 5.41) is 0. The minimum absolute atomic E-state index is 0.0511. The summed E-state index contributed by atoms with van der Waals surface area (Å²) in [5.74, 6) is 1.27. The summed E-state index contributed by atoms with van der Waals surface area (Å²) in [6.07, 6.45) is 0.916. The quantitative estimate of drug-likeness (QED) is 0.856. The van der Waals surface area contributed by atoms with Crippen molar-refractivity contribution in [1.82, 2.24) is 4.57 Å². The van der Waals surface area contributed by atoms with Crippen molar-refractivity contribution < 1.29 is 4.74 Å². The first-order valence-electron chi connectivity index (χ1n) is 6.69. The van der Waals surface area contributed by atoms with Gasteiger partial charge in [0.15, 0.2) is 0 Å². The van der Waals surface area contributed by atoms with Crippen LogP contribution in [0.25, 0.3) is 11.3 Å². The summed E-state index contributed by atoms with van der Waals surface area (Å²) in [5.41, 5.74) is 2.74. The fourth-order valence-electron chi connectivity index (χ4n) is 2.20. The molecule has 2 aromatic rings. The monoisotopic (exact) mass is 289 g/mol. The molecule has 0 radical (unpaired) electrons. The van der Waals surface area contributed by atoms with Crippen LogP contribution in [-0.4, -0.2) is 11.7 Å². The molecule has 0 fully saturated rings. The summed E-state index contributed by atoms with van der Waals surface area (Å²) in [4.78, 5) is 12.4. The van der Waals surface area contributed by atoms with Crippen LogP contribution in [0.4, 0.5) is 0 Å². The van der Waals surface area contributed by atoms with E-state index in [9.17, 15) is 4.79 Å². The van der Waals surface area contributed by atoms with Crippen LogP contribution >= 0.6 is 12.6 Å². The number of hydrogen-bond donors (Lipinski definition) is 1. The molecule has 4 heteroatoms. The molecule has 1 aromatic carbocycles. The maximum absolute atomic E-state index is 12.4. The molecule has 0 N–H and O–H groups in total. The third-order valence-corrected chi connectivity index (χ3v) is 3.60. The van der Waals surface area contributed by atoms with Gasteiger partial charge in [0.05, 0.1) is 12.8 Å². The molecule has 0 aliphatic rings. The number of pyridine rings is 1. The van der Waals surface area contributed by atoms with E-state index in [0.717, 1.165) is 29.0 Å². The van der Waals surface area contributed by atoms with Crippen LogP contribution in [0.2, 0.25) is 0 Å². The number of aromatic nitrogens is 1. The van der Waals surface area contributed by atoms with Gasteiger partial charge in [0, 0.05) is 17.9 Å². The molecule has 0 bridgehead atoms. The third-order valence-electron chi connectivity index (χ3n) is 3.26. The summed E-state index contributed by atoms with van der Waals surface area (Å²) in [6, 6.07) is 11.6. The van der Waals surface area contributed by atoms with Gasteiger partial charge in [0.1, 0.15) is 5.75 Å². The van der Waals surface area contributed by atoms with Gasteiger partial charge >= 0.3 is 0 Å². The summed E-state index contributed by atoms with van der Waals surface area (Å²) < 4.78 is 6.99. The molecule has 0 atom stereocenters. The Morgan fingerprint density at radius 1 is 1.15 bits per heavy atom. The number of benzene rings is 1. The molecule has 0 saturated carbocycles. The van der Waals surface area contributed by atoms with E-state index in [1.165, 1.54) is 0 Å². The predicted molar refractivity (Wildman–Crippen MR) is 85.7 cm³/mol. The molecule has 3 nitrogen and oxygen atoms in total. The molecule has 0 unspecified atom stereocenters. The zero-order chi connectivity index (χ0) is 14.5. The molecule has 1 heterocycles. The van der Waals surface area contributed by atoms with E-state index in [1.807, 2.05) is 41.0 Å². The Morgan fingerprint density at radius 2 is 1.85 bits per heavy atom. The highest BCUT2D eigenvalue weighted by Crippen LogP contribution is 2.22. The minimum atomic E-state index is 0.0511. The maximum Gasteiger partial charge on any atom is 0.255 e. The number of nitrogens with zero attached hydrogens (tertiary/aromatic N) is 1. The number of ether oxygens (including phenoxy) is 1. The highest BCUT2D eigenvalue weighted by atomic mass is 32.1. The van der Waals surface area contributed by atoms with Crippen LogP contribution in [0.1, 0.15) is 18.9 Å². The second-order valence-electron chi connectivity index (χ2n) is 4.59. The Hall–Kier alpha value is -1.68. The van der Waals surface area contributed by atoms with Gasteiger partial charge in [-0.15, -0.1) is 0 Å². The van der Waals surface area contributed by atoms with Gasteiger partial charge in [-0.1, -0.05) is 13.0 Å². The van der Waals surface area contributed by atoms with E-state index in [0.29, 0.717) is 12.3 Å². The van der Waals surface area contributed by atoms with Gasteiger partial charge in [0.2, 0.25) is 0 Å². The molecule has 0 spiro atoms. The average molecular weight is 289 g/mol. The van der Waals surface area contributed by atoms with Gasteiger partial charge in [0.25, 0.3) is 5.56 Å². The van der Waals surface area contributed by atoms with Crippen LogP contribution in [0.3, 0.4) is 0 Å². The second kappa shape index (κ2) is 6.66. The van der Waals surface area contributed by atoms with E-state index >= 15 is 0 Å². The van der Waals surface area contributed by atoms with E-state index in [4.69, 9.17) is 4.74 Å². The van der Waals surface area contributed by atoms with E-state index in [2.05, 4.69) is 19.6 Å². The van der Waals surface area contributed by atoms with Crippen LogP contribution < -0.4 is 10.3 Å². The van der Waals surface area contributed by atoms with E-state index in [1.54, 1.807) is 7.11 Å². The number of hydrogen-bond acceptors (Lipinski definition) is 3. The average Bonchev–Trinajstić information content (AvgIpc) is 2.49. The molecule has 0 amide bonds. The molecular weight excluding hydrogens is 270 g/mol. The lowest BCUT2D eigenvalue weighted by Gasteiger charge is -2.14. The zero-order valence-corrected chi connectivity index (χ0v) is 12.7. The standard InChI is InChI=1S/C16H19NO2S/c1-3-10-17-15(9-6-13(11-20)16(17)18)12-4-7-14(19-2)8-5-12/h4-9,20H,3,10-11H2,1-2H3. The topological polar surface area (TPSA) is 31.2 Å². The van der Waals surface area contributed by atoms with Crippen molar-refractivity contribution in [3.05, 3.63) is 52.3 Å². The smallest absolute Gasteiger partial charge is 0.255 e. The predicted octanol–water partition coefficient (Wildman–Crippen LogP) is 3.36. The lowest BCUT2D eigenvalue weighted by molar-refractivity contribution is 0.415. The SMILES string of the molecule is CCCn1c(-c2ccc(OC)cc2)ccc(CS)c1=O. The van der Waals surface area contributed by atoms with Gasteiger partial charge < -0.3 is 9.30 Å². The molecule has 106 valence electrons. The maximum atomic E-state index is 12.4.